The fourth-order valence-corrected chi connectivity index (χ4v) is 1.39. The van der Waals surface area contributed by atoms with E-state index in [9.17, 15) is 0 Å². The molecule has 0 spiro atoms. The minimum absolute atomic E-state index is 0.102. The summed E-state index contributed by atoms with van der Waals surface area (Å²) in [6.07, 6.45) is 0. The second kappa shape index (κ2) is 9.09. The highest BCUT2D eigenvalue weighted by Crippen LogP contribution is 2.01. The lowest BCUT2D eigenvalue weighted by Gasteiger charge is -2.25. The summed E-state index contributed by atoms with van der Waals surface area (Å²) in [6, 6.07) is 0.498. The number of ether oxygens (including phenoxy) is 1. The van der Waals surface area contributed by atoms with Gasteiger partial charge in [-0.25, -0.2) is 0 Å². The van der Waals surface area contributed by atoms with Crippen molar-refractivity contribution < 1.29 is 9.84 Å². The molecule has 0 aromatic rings. The summed E-state index contributed by atoms with van der Waals surface area (Å²) < 4.78 is 5.19. The number of nitrogens with one attached hydrogen (secondary N) is 1. The first-order chi connectivity index (χ1) is 7.07. The van der Waals surface area contributed by atoms with Crippen LogP contribution < -0.4 is 5.32 Å². The van der Waals surface area contributed by atoms with Crippen molar-refractivity contribution in [2.45, 2.75) is 19.9 Å². The second-order valence-electron chi connectivity index (χ2n) is 4.40. The van der Waals surface area contributed by atoms with Crippen LogP contribution in [-0.4, -0.2) is 63.1 Å². The average molecular weight is 218 g/mol. The second-order valence-corrected chi connectivity index (χ2v) is 4.40. The summed E-state index contributed by atoms with van der Waals surface area (Å²) in [6.45, 7) is 7.52. The zero-order valence-electron chi connectivity index (χ0n) is 10.5. The Kier molecular flexibility index (Phi) is 9.00. The SMILES string of the molecule is CC(C)C(CN(C)C)NCCOCCO. The van der Waals surface area contributed by atoms with Crippen molar-refractivity contribution in [2.24, 2.45) is 5.92 Å². The number of aliphatic hydroxyl groups excluding tert-OH is 1. The lowest BCUT2D eigenvalue weighted by molar-refractivity contribution is 0.0908. The summed E-state index contributed by atoms with van der Waals surface area (Å²) in [4.78, 5) is 2.19. The van der Waals surface area contributed by atoms with Crippen LogP contribution in [0.3, 0.4) is 0 Å². The van der Waals surface area contributed by atoms with Gasteiger partial charge in [0.25, 0.3) is 0 Å². The van der Waals surface area contributed by atoms with Crippen molar-refractivity contribution in [3.05, 3.63) is 0 Å². The molecule has 92 valence electrons. The Labute approximate surface area is 93.6 Å². The first kappa shape index (κ1) is 14.8. The topological polar surface area (TPSA) is 44.7 Å². The maximum Gasteiger partial charge on any atom is 0.0698 e. The lowest BCUT2D eigenvalue weighted by Crippen LogP contribution is -2.43. The molecule has 0 aromatic carbocycles. The summed E-state index contributed by atoms with van der Waals surface area (Å²) in [5.74, 6) is 0.616. The minimum Gasteiger partial charge on any atom is -0.394 e. The fourth-order valence-electron chi connectivity index (χ4n) is 1.39. The van der Waals surface area contributed by atoms with Crippen LogP contribution in [0.5, 0.6) is 0 Å². The van der Waals surface area contributed by atoms with Crippen LogP contribution in [0.2, 0.25) is 0 Å². The van der Waals surface area contributed by atoms with Gasteiger partial charge in [0.05, 0.1) is 19.8 Å². The number of hydrogen-bond donors (Lipinski definition) is 2. The van der Waals surface area contributed by atoms with E-state index < -0.39 is 0 Å². The standard InChI is InChI=1S/C11H26N2O2/c1-10(2)11(9-13(3)4)12-5-7-15-8-6-14/h10-12,14H,5-9H2,1-4H3. The Balaban J connectivity index is 3.58. The third-order valence-electron chi connectivity index (χ3n) is 2.26. The summed E-state index contributed by atoms with van der Waals surface area (Å²) in [5, 5.41) is 12.0. The van der Waals surface area contributed by atoms with E-state index in [1.54, 1.807) is 0 Å². The molecule has 4 heteroatoms. The normalized spacial score (nSPS) is 13.8. The molecule has 0 aliphatic heterocycles. The third kappa shape index (κ3) is 8.81. The number of nitrogens with zero attached hydrogens (tertiary/aromatic N) is 1. The van der Waals surface area contributed by atoms with Crippen LogP contribution in [0.15, 0.2) is 0 Å². The number of hydrogen-bond acceptors (Lipinski definition) is 4. The van der Waals surface area contributed by atoms with Gasteiger partial charge in [0, 0.05) is 19.1 Å². The largest absolute Gasteiger partial charge is 0.394 e. The van der Waals surface area contributed by atoms with E-state index >= 15 is 0 Å². The van der Waals surface area contributed by atoms with Gasteiger partial charge in [0.1, 0.15) is 0 Å². The van der Waals surface area contributed by atoms with Crippen molar-refractivity contribution >= 4 is 0 Å². The van der Waals surface area contributed by atoms with E-state index in [2.05, 4.69) is 38.2 Å². The van der Waals surface area contributed by atoms with Gasteiger partial charge in [-0.15, -0.1) is 0 Å². The molecule has 2 N–H and O–H groups in total. The van der Waals surface area contributed by atoms with Crippen LogP contribution in [0, 0.1) is 5.92 Å². The first-order valence-corrected chi connectivity index (χ1v) is 5.64. The van der Waals surface area contributed by atoms with Gasteiger partial charge in [-0.1, -0.05) is 13.8 Å². The molecular weight excluding hydrogens is 192 g/mol. The zero-order chi connectivity index (χ0) is 11.7. The summed E-state index contributed by atoms with van der Waals surface area (Å²) >= 11 is 0. The average Bonchev–Trinajstić information content (AvgIpc) is 2.15. The molecule has 0 amide bonds. The van der Waals surface area contributed by atoms with Gasteiger partial charge in [-0.3, -0.25) is 0 Å². The van der Waals surface area contributed by atoms with Crippen molar-refractivity contribution in [3.8, 4) is 0 Å². The molecule has 0 fully saturated rings. The van der Waals surface area contributed by atoms with E-state index in [1.165, 1.54) is 0 Å². The highest BCUT2D eigenvalue weighted by Gasteiger charge is 2.12. The van der Waals surface area contributed by atoms with Gasteiger partial charge < -0.3 is 20.1 Å². The molecular formula is C11H26N2O2. The first-order valence-electron chi connectivity index (χ1n) is 5.64. The molecule has 0 aliphatic carbocycles. The Morgan fingerprint density at radius 3 is 2.40 bits per heavy atom. The molecule has 0 saturated carbocycles. The van der Waals surface area contributed by atoms with Crippen LogP contribution in [-0.2, 0) is 4.74 Å². The van der Waals surface area contributed by atoms with Gasteiger partial charge >= 0.3 is 0 Å². The van der Waals surface area contributed by atoms with E-state index in [0.29, 0.717) is 25.2 Å². The van der Waals surface area contributed by atoms with Crippen LogP contribution in [0.25, 0.3) is 0 Å². The lowest BCUT2D eigenvalue weighted by atomic mass is 10.0. The maximum absolute atomic E-state index is 8.53. The number of rotatable bonds is 9. The zero-order valence-corrected chi connectivity index (χ0v) is 10.5. The Morgan fingerprint density at radius 1 is 1.27 bits per heavy atom. The molecule has 4 nitrogen and oxygen atoms in total. The summed E-state index contributed by atoms with van der Waals surface area (Å²) in [7, 11) is 4.17. The van der Waals surface area contributed by atoms with Crippen molar-refractivity contribution in [3.63, 3.8) is 0 Å². The smallest absolute Gasteiger partial charge is 0.0698 e. The highest BCUT2D eigenvalue weighted by molar-refractivity contribution is 4.72. The molecule has 0 heterocycles. The van der Waals surface area contributed by atoms with Crippen LogP contribution in [0.1, 0.15) is 13.8 Å². The van der Waals surface area contributed by atoms with E-state index in [0.717, 1.165) is 13.1 Å². The van der Waals surface area contributed by atoms with Crippen molar-refractivity contribution in [1.29, 1.82) is 0 Å². The Hall–Kier alpha value is -0.160. The molecule has 1 unspecified atom stereocenters. The fraction of sp³-hybridized carbons (Fsp3) is 1.00. The van der Waals surface area contributed by atoms with Crippen LogP contribution in [0.4, 0.5) is 0 Å². The van der Waals surface area contributed by atoms with Crippen molar-refractivity contribution in [1.82, 2.24) is 10.2 Å². The highest BCUT2D eigenvalue weighted by atomic mass is 16.5. The van der Waals surface area contributed by atoms with Gasteiger partial charge in [-0.05, 0) is 20.0 Å². The molecule has 0 bridgehead atoms. The number of aliphatic hydroxyl groups is 1. The van der Waals surface area contributed by atoms with Crippen LogP contribution >= 0.6 is 0 Å². The van der Waals surface area contributed by atoms with E-state index in [1.807, 2.05) is 0 Å². The predicted octanol–water partition coefficient (Wildman–Crippen LogP) is 0.171. The quantitative estimate of drug-likeness (QED) is 0.542. The predicted molar refractivity (Wildman–Crippen MR) is 63.1 cm³/mol. The molecule has 15 heavy (non-hydrogen) atoms. The Morgan fingerprint density at radius 2 is 1.93 bits per heavy atom. The summed E-state index contributed by atoms with van der Waals surface area (Å²) in [5.41, 5.74) is 0. The van der Waals surface area contributed by atoms with Crippen molar-refractivity contribution in [2.75, 3.05) is 47.0 Å². The van der Waals surface area contributed by atoms with Gasteiger partial charge in [0.2, 0.25) is 0 Å². The molecule has 0 radical (unpaired) electrons. The molecule has 0 rings (SSSR count). The van der Waals surface area contributed by atoms with E-state index in [4.69, 9.17) is 9.84 Å². The molecule has 0 aromatic heterocycles. The van der Waals surface area contributed by atoms with E-state index in [-0.39, 0.29) is 6.61 Å². The number of likely N-dealkylation sites (N-methyl/N-ethyl adjacent to an activating group) is 1. The molecule has 0 aliphatic rings. The maximum atomic E-state index is 8.53. The minimum atomic E-state index is 0.102. The molecule has 1 atom stereocenters. The van der Waals surface area contributed by atoms with Gasteiger partial charge in [-0.2, -0.15) is 0 Å². The third-order valence-corrected chi connectivity index (χ3v) is 2.26. The monoisotopic (exact) mass is 218 g/mol. The Bertz CT molecular complexity index is 141. The molecule has 0 saturated heterocycles. The van der Waals surface area contributed by atoms with Gasteiger partial charge in [0.15, 0.2) is 0 Å².